The predicted molar refractivity (Wildman–Crippen MR) is 260 cm³/mol. The maximum atomic E-state index is 14.6. The van der Waals surface area contributed by atoms with Gasteiger partial charge in [0.2, 0.25) is 0 Å². The Morgan fingerprint density at radius 1 is 0.645 bits per heavy atom. The maximum Gasteiger partial charge on any atom is 0.265 e. The van der Waals surface area contributed by atoms with Crippen LogP contribution in [0.3, 0.4) is 0 Å². The average molecular weight is 873 g/mol. The van der Waals surface area contributed by atoms with Gasteiger partial charge in [-0.25, -0.2) is 4.90 Å². The van der Waals surface area contributed by atoms with Crippen LogP contribution in [0.4, 0.5) is 0 Å². The van der Waals surface area contributed by atoms with Crippen molar-refractivity contribution in [3.8, 4) is 0 Å². The van der Waals surface area contributed by atoms with Gasteiger partial charge in [-0.05, 0) is 115 Å². The zero-order chi connectivity index (χ0) is 45.6. The van der Waals surface area contributed by atoms with E-state index in [2.05, 4.69) is 67.5 Å². The van der Waals surface area contributed by atoms with E-state index in [0.29, 0.717) is 50.3 Å². The first kappa shape index (κ1) is 45.6. The molecule has 10 heteroatoms. The van der Waals surface area contributed by atoms with Crippen LogP contribution in [0.25, 0.3) is 43.1 Å². The molecule has 5 atom stereocenters. The van der Waals surface area contributed by atoms with Gasteiger partial charge < -0.3 is 9.84 Å². The number of amides is 4. The molecular formula is C52H61N2O6PS. The minimum atomic E-state index is -0.886. The quantitative estimate of drug-likeness (QED) is 0.0362. The highest BCUT2D eigenvalue weighted by molar-refractivity contribution is 7.82. The Labute approximate surface area is 373 Å². The van der Waals surface area contributed by atoms with Gasteiger partial charge in [-0.1, -0.05) is 97.0 Å². The highest BCUT2D eigenvalue weighted by Crippen LogP contribution is 2.48. The number of carbonyl (C=O) groups excluding carboxylic acids is 4. The molecule has 326 valence electrons. The van der Waals surface area contributed by atoms with E-state index in [-0.39, 0.29) is 35.1 Å². The highest BCUT2D eigenvalue weighted by Gasteiger charge is 2.46. The number of allylic oxidation sites excluding steroid dienone is 5. The topological polar surface area (TPSA) is 104 Å². The molecule has 2 aliphatic heterocycles. The molecule has 62 heavy (non-hydrogen) atoms. The molecule has 3 aliphatic rings. The number of thiol groups is 1. The first-order chi connectivity index (χ1) is 29.0. The molecule has 2 heterocycles. The zero-order valence-corrected chi connectivity index (χ0v) is 40.2. The van der Waals surface area contributed by atoms with Gasteiger partial charge in [0.25, 0.3) is 23.6 Å². The van der Waals surface area contributed by atoms with E-state index in [1.165, 1.54) is 9.80 Å². The van der Waals surface area contributed by atoms with E-state index >= 15 is 0 Å². The van der Waals surface area contributed by atoms with E-state index in [1.807, 2.05) is 94.5 Å². The Morgan fingerprint density at radius 3 is 1.50 bits per heavy atom. The molecule has 4 amide bonds. The van der Waals surface area contributed by atoms with Crippen molar-refractivity contribution in [2.24, 2.45) is 16.7 Å². The average Bonchev–Trinajstić information content (AvgIpc) is 3.21. The SMILES string of the molecule is CC(C)CPC(C)C(C)(S)C(C)OC(C)(C)C(C)N1C(=O)c2ccc3c4ccc5c6c(ccc(c7ccc(c2c37)C1=O)c64)C(=O)N(C1=C/C(C)(C)/C=C\C(C)(C)/C=C\1)C5=O.CO. The molecule has 1 aliphatic carbocycles. The summed E-state index contributed by atoms with van der Waals surface area (Å²) in [5, 5.41) is 13.3. The van der Waals surface area contributed by atoms with E-state index in [1.54, 1.807) is 0 Å². The Kier molecular flexibility index (Phi) is 11.8. The fourth-order valence-corrected chi connectivity index (χ4v) is 11.0. The van der Waals surface area contributed by atoms with Crippen LogP contribution in [0.5, 0.6) is 0 Å². The molecule has 0 saturated carbocycles. The van der Waals surface area contributed by atoms with Crippen LogP contribution in [0.15, 0.2) is 84.6 Å². The summed E-state index contributed by atoms with van der Waals surface area (Å²) < 4.78 is 6.36. The third-order valence-electron chi connectivity index (χ3n) is 13.5. The molecule has 5 aromatic carbocycles. The molecule has 0 fully saturated rings. The Hall–Kier alpha value is -4.40. The summed E-state index contributed by atoms with van der Waals surface area (Å²) in [6.07, 6.45) is 11.0. The third-order valence-corrected chi connectivity index (χ3v) is 16.7. The van der Waals surface area contributed by atoms with Gasteiger partial charge in [-0.15, -0.1) is 8.58 Å². The van der Waals surface area contributed by atoms with Crippen molar-refractivity contribution in [1.82, 2.24) is 9.80 Å². The standard InChI is InChI=1S/C51H57N2O5PS.CH4O/c1-27(2)26-59-30(5)51(12,60)29(4)58-50(10,11)28(3)52-44(54)36-17-13-32-34-15-19-38-43-39(20-16-35(41(34)43)33-14-18-37(45(52)55)42(36)40(32)33)47(57)53(46(38)56)31-21-22-48(6,7)23-24-49(8,9)25-31;1-2/h13-25,27-30,59-60H,26H2,1-12H3;2H,1H3/b22-21-,24-23-,31-25+;. The summed E-state index contributed by atoms with van der Waals surface area (Å²) >= 11 is 5.13. The first-order valence-corrected chi connectivity index (χ1v) is 23.4. The number of fused-ring (bicyclic) bond motifs is 2. The van der Waals surface area contributed by atoms with Crippen LogP contribution < -0.4 is 0 Å². The number of aliphatic hydroxyl groups excluding tert-OH is 1. The van der Waals surface area contributed by atoms with Crippen LogP contribution in [0.1, 0.15) is 125 Å². The first-order valence-electron chi connectivity index (χ1n) is 21.6. The number of ether oxygens (including phenoxy) is 1. The summed E-state index contributed by atoms with van der Waals surface area (Å²) in [6.45, 7) is 25.0. The van der Waals surface area contributed by atoms with Crippen molar-refractivity contribution < 1.29 is 29.0 Å². The van der Waals surface area contributed by atoms with Gasteiger partial charge in [0.05, 0.1) is 17.7 Å². The summed E-state index contributed by atoms with van der Waals surface area (Å²) in [5.74, 6) is -0.850. The van der Waals surface area contributed by atoms with Gasteiger partial charge in [0, 0.05) is 61.4 Å². The molecule has 0 saturated heterocycles. The van der Waals surface area contributed by atoms with E-state index in [0.717, 1.165) is 54.2 Å². The minimum Gasteiger partial charge on any atom is -0.400 e. The molecule has 5 unspecified atom stereocenters. The van der Waals surface area contributed by atoms with Crippen molar-refractivity contribution in [2.45, 2.75) is 111 Å². The van der Waals surface area contributed by atoms with Crippen LogP contribution in [-0.2, 0) is 4.74 Å². The lowest BCUT2D eigenvalue weighted by Crippen LogP contribution is -2.57. The van der Waals surface area contributed by atoms with Gasteiger partial charge in [0.15, 0.2) is 0 Å². The predicted octanol–water partition coefficient (Wildman–Crippen LogP) is 11.6. The summed E-state index contributed by atoms with van der Waals surface area (Å²) in [4.78, 5) is 61.0. The molecule has 0 bridgehead atoms. The normalized spacial score (nSPS) is 21.8. The lowest BCUT2D eigenvalue weighted by molar-refractivity contribution is -0.106. The van der Waals surface area contributed by atoms with E-state index in [9.17, 15) is 19.2 Å². The monoisotopic (exact) mass is 872 g/mol. The van der Waals surface area contributed by atoms with Crippen molar-refractivity contribution in [3.63, 3.8) is 0 Å². The maximum absolute atomic E-state index is 14.6. The number of hydrogen-bond acceptors (Lipinski definition) is 7. The molecule has 0 aromatic heterocycles. The summed E-state index contributed by atoms with van der Waals surface area (Å²) in [7, 11) is 1.74. The number of imide groups is 2. The molecule has 1 N–H and O–H groups in total. The van der Waals surface area contributed by atoms with Crippen molar-refractivity contribution in [3.05, 3.63) is 107 Å². The number of hydrogen-bond donors (Lipinski definition) is 2. The Morgan fingerprint density at radius 2 is 1.06 bits per heavy atom. The number of rotatable bonds is 10. The summed E-state index contributed by atoms with van der Waals surface area (Å²) in [5.41, 5.74) is 1.15. The second-order valence-corrected chi connectivity index (χ2v) is 22.4. The van der Waals surface area contributed by atoms with Gasteiger partial charge in [-0.3, -0.25) is 24.1 Å². The molecule has 0 spiro atoms. The fraction of sp³-hybridized carbons (Fsp3) is 0.423. The number of nitrogens with zero attached hydrogens (tertiary/aromatic N) is 2. The summed E-state index contributed by atoms with van der Waals surface area (Å²) in [6, 6.07) is 14.5. The van der Waals surface area contributed by atoms with Crippen LogP contribution in [0.2, 0.25) is 0 Å². The number of benzene rings is 5. The van der Waals surface area contributed by atoms with E-state index in [4.69, 9.17) is 22.5 Å². The van der Waals surface area contributed by atoms with Crippen LogP contribution in [0, 0.1) is 16.7 Å². The van der Waals surface area contributed by atoms with Gasteiger partial charge in [-0.2, -0.15) is 12.6 Å². The van der Waals surface area contributed by atoms with Crippen LogP contribution >= 0.6 is 21.2 Å². The fourth-order valence-electron chi connectivity index (χ4n) is 9.23. The smallest absolute Gasteiger partial charge is 0.265 e. The van der Waals surface area contributed by atoms with Crippen molar-refractivity contribution in [1.29, 1.82) is 0 Å². The lowest BCUT2D eigenvalue weighted by atomic mass is 9.81. The molecule has 8 nitrogen and oxygen atoms in total. The Balaban J connectivity index is 0.00000285. The third kappa shape index (κ3) is 7.41. The number of carbonyl (C=O) groups is 4. The lowest BCUT2D eigenvalue weighted by Gasteiger charge is -2.45. The van der Waals surface area contributed by atoms with Crippen molar-refractivity contribution in [2.75, 3.05) is 13.3 Å². The molecule has 5 aromatic rings. The van der Waals surface area contributed by atoms with Gasteiger partial charge in [0.1, 0.15) is 0 Å². The number of aliphatic hydroxyl groups is 1. The molecule has 0 radical (unpaired) electrons. The van der Waals surface area contributed by atoms with Crippen LogP contribution in [-0.4, -0.2) is 80.0 Å². The second-order valence-electron chi connectivity index (χ2n) is 19.7. The molecule has 8 rings (SSSR count). The second kappa shape index (κ2) is 16.0. The Bertz CT molecular complexity index is 2660. The zero-order valence-electron chi connectivity index (χ0n) is 38.4. The van der Waals surface area contributed by atoms with Gasteiger partial charge >= 0.3 is 0 Å². The minimum absolute atomic E-state index is 0.258. The van der Waals surface area contributed by atoms with E-state index < -0.39 is 21.8 Å². The van der Waals surface area contributed by atoms with Crippen molar-refractivity contribution >= 4 is 87.9 Å². The molecular weight excluding hydrogens is 812 g/mol. The largest absolute Gasteiger partial charge is 0.400 e. The highest BCUT2D eigenvalue weighted by atomic mass is 32.1.